The number of nitrogens with zero attached hydrogens (tertiary/aromatic N) is 2. The van der Waals surface area contributed by atoms with Crippen molar-refractivity contribution in [2.45, 2.75) is 58.2 Å². The fourth-order valence-corrected chi connectivity index (χ4v) is 3.69. The van der Waals surface area contributed by atoms with E-state index in [2.05, 4.69) is 22.0 Å². The van der Waals surface area contributed by atoms with Crippen molar-refractivity contribution in [3.05, 3.63) is 48.3 Å². The zero-order valence-corrected chi connectivity index (χ0v) is 20.5. The number of alkyl halides is 3. The fraction of sp³-hybridized carbons (Fsp3) is 0.440. The molecule has 2 atom stereocenters. The maximum atomic E-state index is 12.2. The molecule has 8 nitrogen and oxygen atoms in total. The van der Waals surface area contributed by atoms with Gasteiger partial charge >= 0.3 is 6.36 Å². The third kappa shape index (κ3) is 7.85. The van der Waals surface area contributed by atoms with Gasteiger partial charge < -0.3 is 24.5 Å². The summed E-state index contributed by atoms with van der Waals surface area (Å²) in [5.74, 6) is 0.836. The Morgan fingerprint density at radius 3 is 2.42 bits per heavy atom. The first kappa shape index (κ1) is 27.3. The summed E-state index contributed by atoms with van der Waals surface area (Å²) in [6.07, 6.45) is -1.09. The van der Waals surface area contributed by atoms with Crippen molar-refractivity contribution in [2.75, 3.05) is 6.61 Å². The Morgan fingerprint density at radius 1 is 1.22 bits per heavy atom. The lowest BCUT2D eigenvalue weighted by atomic mass is 10.2. The molecule has 1 fully saturated rings. The molecule has 1 saturated heterocycles. The fourth-order valence-electron chi connectivity index (χ4n) is 3.69. The molecule has 0 radical (unpaired) electrons. The van der Waals surface area contributed by atoms with Gasteiger partial charge in [0, 0.05) is 19.7 Å². The van der Waals surface area contributed by atoms with Crippen molar-refractivity contribution in [3.8, 4) is 17.2 Å². The summed E-state index contributed by atoms with van der Waals surface area (Å²) in [5, 5.41) is 3.08. The normalized spacial score (nSPS) is 16.3. The van der Waals surface area contributed by atoms with Gasteiger partial charge in [-0.25, -0.2) is 4.98 Å². The van der Waals surface area contributed by atoms with Crippen molar-refractivity contribution in [3.63, 3.8) is 0 Å². The highest BCUT2D eigenvalue weighted by Crippen LogP contribution is 2.29. The third-order valence-corrected chi connectivity index (χ3v) is 5.65. The number of carbonyl (C=O) groups excluding carboxylic acids is 1. The average Bonchev–Trinajstić information content (AvgIpc) is 3.41. The zero-order valence-electron chi connectivity index (χ0n) is 20.5. The van der Waals surface area contributed by atoms with Gasteiger partial charge in [0.2, 0.25) is 5.91 Å². The van der Waals surface area contributed by atoms with Gasteiger partial charge in [0.25, 0.3) is 0 Å². The summed E-state index contributed by atoms with van der Waals surface area (Å²) >= 11 is 0. The summed E-state index contributed by atoms with van der Waals surface area (Å²) in [6, 6.07) is 9.96. The Morgan fingerprint density at radius 2 is 1.89 bits per heavy atom. The molecule has 2 heterocycles. The summed E-state index contributed by atoms with van der Waals surface area (Å²) < 4.78 is 53.3. The molecular weight excluding hydrogens is 477 g/mol. The van der Waals surface area contributed by atoms with E-state index in [0.29, 0.717) is 30.6 Å². The predicted octanol–water partition coefficient (Wildman–Crippen LogP) is 4.80. The molecule has 2 unspecified atom stereocenters. The summed E-state index contributed by atoms with van der Waals surface area (Å²) in [6.45, 7) is 5.33. The van der Waals surface area contributed by atoms with Crippen LogP contribution in [0.5, 0.6) is 17.2 Å². The number of hydrogen-bond donors (Lipinski definition) is 2. The highest BCUT2D eigenvalue weighted by atomic mass is 19.4. The molecule has 3 N–H and O–H groups in total. The van der Waals surface area contributed by atoms with E-state index in [0.717, 1.165) is 23.5 Å². The van der Waals surface area contributed by atoms with Crippen LogP contribution < -0.4 is 20.5 Å². The van der Waals surface area contributed by atoms with Crippen LogP contribution in [0.4, 0.5) is 13.2 Å². The van der Waals surface area contributed by atoms with Crippen LogP contribution in [0.25, 0.3) is 11.0 Å². The number of hydrogen-bond acceptors (Lipinski definition) is 6. The minimum Gasteiger partial charge on any atom is -0.457 e. The number of imidazole rings is 1. The number of carbonyl (C=O) groups is 1. The molecule has 36 heavy (non-hydrogen) atoms. The average molecular weight is 509 g/mol. The van der Waals surface area contributed by atoms with Crippen LogP contribution in [-0.4, -0.2) is 40.6 Å². The molecule has 0 bridgehead atoms. The Kier molecular flexibility index (Phi) is 9.16. The van der Waals surface area contributed by atoms with Gasteiger partial charge in [-0.15, -0.1) is 13.2 Å². The van der Waals surface area contributed by atoms with Crippen molar-refractivity contribution in [2.24, 2.45) is 12.8 Å². The lowest BCUT2D eigenvalue weighted by Crippen LogP contribution is -2.40. The third-order valence-electron chi connectivity index (χ3n) is 5.65. The summed E-state index contributed by atoms with van der Waals surface area (Å²) in [4.78, 5) is 15.9. The number of amides is 1. The summed E-state index contributed by atoms with van der Waals surface area (Å²) in [5.41, 5.74) is 6.89. The number of halogens is 3. The molecule has 0 saturated carbocycles. The van der Waals surface area contributed by atoms with Gasteiger partial charge in [0.05, 0.1) is 29.7 Å². The van der Waals surface area contributed by atoms with Crippen LogP contribution in [0.3, 0.4) is 0 Å². The number of nitrogens with one attached hydrogen (secondary N) is 1. The molecule has 11 heteroatoms. The van der Waals surface area contributed by atoms with Crippen LogP contribution >= 0.6 is 0 Å². The van der Waals surface area contributed by atoms with E-state index in [4.69, 9.17) is 15.2 Å². The Bertz CT molecular complexity index is 1140. The van der Waals surface area contributed by atoms with Crippen LogP contribution in [0, 0.1) is 0 Å². The van der Waals surface area contributed by atoms with E-state index in [9.17, 15) is 18.0 Å². The van der Waals surface area contributed by atoms with E-state index in [-0.39, 0.29) is 5.75 Å². The minimum atomic E-state index is -4.74. The topological polar surface area (TPSA) is 101 Å². The number of ether oxygens (including phenoxy) is 3. The molecule has 4 rings (SSSR count). The van der Waals surface area contributed by atoms with Crippen molar-refractivity contribution >= 4 is 16.9 Å². The van der Waals surface area contributed by atoms with Gasteiger partial charge in [-0.3, -0.25) is 10.1 Å². The highest BCUT2D eigenvalue weighted by molar-refractivity contribution is 5.80. The lowest BCUT2D eigenvalue weighted by molar-refractivity contribution is -0.274. The van der Waals surface area contributed by atoms with E-state index in [1.165, 1.54) is 37.1 Å². The largest absolute Gasteiger partial charge is 0.573 e. The van der Waals surface area contributed by atoms with Crippen molar-refractivity contribution in [1.82, 2.24) is 14.9 Å². The smallest absolute Gasteiger partial charge is 0.457 e. The number of aryl methyl sites for hydroxylation is 1. The first-order chi connectivity index (χ1) is 17.1. The van der Waals surface area contributed by atoms with Crippen LogP contribution in [0.15, 0.2) is 42.5 Å². The number of fused-ring (bicyclic) bond motifs is 1. The highest BCUT2D eigenvalue weighted by Gasteiger charge is 2.31. The van der Waals surface area contributed by atoms with E-state index in [1.807, 2.05) is 18.5 Å². The Labute approximate surface area is 207 Å². The second kappa shape index (κ2) is 12.1. The molecule has 1 amide bonds. The number of nitrogens with two attached hydrogens (primary N) is 1. The van der Waals surface area contributed by atoms with Crippen molar-refractivity contribution < 1.29 is 32.2 Å². The van der Waals surface area contributed by atoms with Crippen LogP contribution in [-0.2, 0) is 23.1 Å². The molecule has 1 aliphatic heterocycles. The zero-order chi connectivity index (χ0) is 26.3. The monoisotopic (exact) mass is 508 g/mol. The predicted molar refractivity (Wildman–Crippen MR) is 129 cm³/mol. The maximum absolute atomic E-state index is 12.2. The van der Waals surface area contributed by atoms with Crippen molar-refractivity contribution in [1.29, 1.82) is 0 Å². The van der Waals surface area contributed by atoms with E-state index in [1.54, 1.807) is 18.2 Å². The number of aromatic nitrogens is 2. The maximum Gasteiger partial charge on any atom is 0.573 e. The van der Waals surface area contributed by atoms with E-state index < -0.39 is 18.3 Å². The first-order valence-electron chi connectivity index (χ1n) is 11.7. The molecule has 196 valence electrons. The Hall–Kier alpha value is -3.31. The lowest BCUT2D eigenvalue weighted by Gasteiger charge is -2.12. The second-order valence-electron chi connectivity index (χ2n) is 8.43. The molecule has 0 aliphatic carbocycles. The second-order valence-corrected chi connectivity index (χ2v) is 8.43. The Balaban J connectivity index is 0.000000526. The van der Waals surface area contributed by atoms with E-state index >= 15 is 0 Å². The minimum absolute atomic E-state index is 0.324. The van der Waals surface area contributed by atoms with Gasteiger partial charge in [-0.05, 0) is 62.6 Å². The quantitative estimate of drug-likeness (QED) is 0.453. The van der Waals surface area contributed by atoms with Gasteiger partial charge in [0.1, 0.15) is 23.1 Å². The van der Waals surface area contributed by atoms with Gasteiger partial charge in [-0.2, -0.15) is 0 Å². The molecule has 1 aromatic heterocycles. The molecule has 0 spiro atoms. The number of primary amides is 1. The molecule has 2 aromatic carbocycles. The standard InChI is InChI=1S/C20H21F3N4O3.C5H10O/c1-3-15(19(24)28)25-11-18-26-16-9-8-14(10-17(16)27(18)2)29-12-4-6-13(7-5-12)30-20(21,22)23;1-5-3-2-4-6-5/h4-10,15,25H,3,11H2,1-2H3,(H2,24,28);5H,2-4H2,1H3. The first-order valence-corrected chi connectivity index (χ1v) is 11.7. The van der Waals surface area contributed by atoms with Crippen LogP contribution in [0.2, 0.25) is 0 Å². The molecule has 1 aliphatic rings. The molecular formula is C25H31F3N4O4. The van der Waals surface area contributed by atoms with Gasteiger partial charge in [-0.1, -0.05) is 6.92 Å². The SMILES string of the molecule is CC1CCCO1.CCC(NCc1nc2ccc(Oc3ccc(OC(F)(F)F)cc3)cc2n1C)C(N)=O. The van der Waals surface area contributed by atoms with Crippen LogP contribution in [0.1, 0.15) is 38.9 Å². The number of benzene rings is 2. The molecule has 3 aromatic rings. The number of rotatable bonds is 8. The van der Waals surface area contributed by atoms with Gasteiger partial charge in [0.15, 0.2) is 0 Å². The summed E-state index contributed by atoms with van der Waals surface area (Å²) in [7, 11) is 1.84.